The van der Waals surface area contributed by atoms with Crippen molar-refractivity contribution in [3.8, 4) is 0 Å². The lowest BCUT2D eigenvalue weighted by Gasteiger charge is -2.35. The van der Waals surface area contributed by atoms with Gasteiger partial charge in [0.1, 0.15) is 0 Å². The zero-order chi connectivity index (χ0) is 26.0. The number of nitrogens with one attached hydrogen (secondary N) is 1. The molecule has 0 aliphatic heterocycles. The predicted octanol–water partition coefficient (Wildman–Crippen LogP) is 6.40. The Bertz CT molecular complexity index is 1190. The fraction of sp³-hybridized carbons (Fsp3) is 0.467. The van der Waals surface area contributed by atoms with Gasteiger partial charge in [0.05, 0.1) is 17.4 Å². The second kappa shape index (κ2) is 10.4. The van der Waals surface area contributed by atoms with Crippen molar-refractivity contribution in [2.75, 3.05) is 0 Å². The van der Waals surface area contributed by atoms with Crippen molar-refractivity contribution in [1.29, 1.82) is 0 Å². The zero-order valence-electron chi connectivity index (χ0n) is 22.5. The number of pyridine rings is 1. The number of rotatable bonds is 9. The quantitative estimate of drug-likeness (QED) is 0.287. The van der Waals surface area contributed by atoms with Gasteiger partial charge >= 0.3 is 5.97 Å². The summed E-state index contributed by atoms with van der Waals surface area (Å²) >= 11 is 0. The SMILES string of the molecule is CCc1cc2cc(C(=O)OC(C)C)ccn2c1C(=O)c1ccc(CCC(C)(C)NC(C)(C)C)cc1. The molecule has 1 aromatic carbocycles. The monoisotopic (exact) mass is 476 g/mol. The van der Waals surface area contributed by atoms with Crippen molar-refractivity contribution < 1.29 is 14.3 Å². The molecule has 5 nitrogen and oxygen atoms in total. The molecule has 0 saturated carbocycles. The Morgan fingerprint density at radius 3 is 2.20 bits per heavy atom. The average Bonchev–Trinajstić information content (AvgIpc) is 3.13. The molecule has 0 unspecified atom stereocenters. The number of carbonyl (C=O) groups is 2. The Labute approximate surface area is 209 Å². The average molecular weight is 477 g/mol. The van der Waals surface area contributed by atoms with Gasteiger partial charge in [-0.05, 0) is 97.1 Å². The number of hydrogen-bond acceptors (Lipinski definition) is 4. The van der Waals surface area contributed by atoms with Crippen LogP contribution in [0.3, 0.4) is 0 Å². The van der Waals surface area contributed by atoms with Gasteiger partial charge in [-0.15, -0.1) is 0 Å². The number of aromatic nitrogens is 1. The summed E-state index contributed by atoms with van der Waals surface area (Å²) < 4.78 is 7.20. The van der Waals surface area contributed by atoms with Crippen LogP contribution in [0.2, 0.25) is 0 Å². The highest BCUT2D eigenvalue weighted by molar-refractivity contribution is 6.09. The third-order valence-electron chi connectivity index (χ3n) is 5.99. The van der Waals surface area contributed by atoms with Gasteiger partial charge in [-0.1, -0.05) is 31.2 Å². The second-order valence-electron chi connectivity index (χ2n) is 11.3. The summed E-state index contributed by atoms with van der Waals surface area (Å²) in [4.78, 5) is 25.9. The summed E-state index contributed by atoms with van der Waals surface area (Å²) in [7, 11) is 0. The number of fused-ring (bicyclic) bond motifs is 1. The maximum absolute atomic E-state index is 13.5. The van der Waals surface area contributed by atoms with Crippen LogP contribution >= 0.6 is 0 Å². The predicted molar refractivity (Wildman–Crippen MR) is 142 cm³/mol. The van der Waals surface area contributed by atoms with E-state index >= 15 is 0 Å². The van der Waals surface area contributed by atoms with Crippen LogP contribution < -0.4 is 5.32 Å². The van der Waals surface area contributed by atoms with Crippen molar-refractivity contribution in [1.82, 2.24) is 9.72 Å². The molecule has 0 spiro atoms. The van der Waals surface area contributed by atoms with Crippen LogP contribution in [0, 0.1) is 0 Å². The van der Waals surface area contributed by atoms with Gasteiger partial charge in [0.25, 0.3) is 0 Å². The molecule has 0 aliphatic carbocycles. The smallest absolute Gasteiger partial charge is 0.338 e. The standard InChI is InChI=1S/C30H40N2O3/c1-9-22-18-25-19-24(28(34)35-20(2)3)15-17-32(25)26(22)27(33)23-12-10-21(11-13-23)14-16-30(7,8)31-29(4,5)6/h10-13,15,17-20,31H,9,14,16H2,1-8H3. The molecule has 0 radical (unpaired) electrons. The topological polar surface area (TPSA) is 59.8 Å². The van der Waals surface area contributed by atoms with Crippen LogP contribution in [0.4, 0.5) is 0 Å². The van der Waals surface area contributed by atoms with Crippen LogP contribution in [0.1, 0.15) is 99.3 Å². The van der Waals surface area contributed by atoms with Crippen LogP contribution in [-0.4, -0.2) is 33.3 Å². The van der Waals surface area contributed by atoms with Crippen molar-refractivity contribution >= 4 is 17.3 Å². The van der Waals surface area contributed by atoms with E-state index in [0.29, 0.717) is 16.8 Å². The van der Waals surface area contributed by atoms with Gasteiger partial charge in [-0.25, -0.2) is 4.79 Å². The molecule has 0 atom stereocenters. The molecule has 0 amide bonds. The lowest BCUT2D eigenvalue weighted by atomic mass is 9.91. The minimum absolute atomic E-state index is 0.0133. The van der Waals surface area contributed by atoms with Crippen LogP contribution in [0.25, 0.3) is 5.52 Å². The summed E-state index contributed by atoms with van der Waals surface area (Å²) in [5, 5.41) is 3.68. The van der Waals surface area contributed by atoms with E-state index in [1.807, 2.05) is 43.4 Å². The minimum atomic E-state index is -0.355. The molecular weight excluding hydrogens is 436 g/mol. The number of aryl methyl sites for hydroxylation is 2. The maximum Gasteiger partial charge on any atom is 0.338 e. The summed E-state index contributed by atoms with van der Waals surface area (Å²) in [6, 6.07) is 13.5. The molecular formula is C30H40N2O3. The Hall–Kier alpha value is -2.92. The Balaban J connectivity index is 1.81. The molecule has 0 fully saturated rings. The molecule has 188 valence electrons. The summed E-state index contributed by atoms with van der Waals surface area (Å²) in [6.07, 6.45) is 4.27. The molecule has 0 aliphatic rings. The Morgan fingerprint density at radius 1 is 0.971 bits per heavy atom. The highest BCUT2D eigenvalue weighted by atomic mass is 16.5. The first-order chi connectivity index (χ1) is 16.3. The Morgan fingerprint density at radius 2 is 1.63 bits per heavy atom. The molecule has 5 heteroatoms. The molecule has 0 saturated heterocycles. The zero-order valence-corrected chi connectivity index (χ0v) is 22.5. The van der Waals surface area contributed by atoms with Gasteiger partial charge < -0.3 is 14.5 Å². The minimum Gasteiger partial charge on any atom is -0.459 e. The summed E-state index contributed by atoms with van der Waals surface area (Å²) in [5.41, 5.74) is 4.87. The van der Waals surface area contributed by atoms with E-state index in [1.165, 1.54) is 5.56 Å². The van der Waals surface area contributed by atoms with Crippen LogP contribution in [-0.2, 0) is 17.6 Å². The lowest BCUT2D eigenvalue weighted by molar-refractivity contribution is 0.0378. The van der Waals surface area contributed by atoms with Crippen LogP contribution in [0.15, 0.2) is 48.7 Å². The van der Waals surface area contributed by atoms with Gasteiger partial charge in [-0.3, -0.25) is 4.79 Å². The van der Waals surface area contributed by atoms with Gasteiger partial charge in [-0.2, -0.15) is 0 Å². The number of ketones is 1. The molecule has 2 aromatic heterocycles. The molecule has 3 rings (SSSR count). The summed E-state index contributed by atoms with van der Waals surface area (Å²) in [6.45, 7) is 16.7. The molecule has 0 bridgehead atoms. The second-order valence-corrected chi connectivity index (χ2v) is 11.3. The number of carbonyl (C=O) groups excluding carboxylic acids is 2. The van der Waals surface area contributed by atoms with E-state index in [-0.39, 0.29) is 28.9 Å². The van der Waals surface area contributed by atoms with Crippen molar-refractivity contribution in [3.63, 3.8) is 0 Å². The van der Waals surface area contributed by atoms with E-state index < -0.39 is 0 Å². The largest absolute Gasteiger partial charge is 0.459 e. The number of ether oxygens (including phenoxy) is 1. The highest BCUT2D eigenvalue weighted by Gasteiger charge is 2.24. The first kappa shape index (κ1) is 26.7. The fourth-order valence-corrected chi connectivity index (χ4v) is 4.66. The van der Waals surface area contributed by atoms with Crippen molar-refractivity contribution in [2.24, 2.45) is 0 Å². The number of benzene rings is 1. The number of esters is 1. The van der Waals surface area contributed by atoms with Gasteiger partial charge in [0, 0.05) is 28.4 Å². The van der Waals surface area contributed by atoms with E-state index in [1.54, 1.807) is 18.3 Å². The van der Waals surface area contributed by atoms with E-state index in [2.05, 4.69) is 52.1 Å². The fourth-order valence-electron chi connectivity index (χ4n) is 4.66. The normalized spacial score (nSPS) is 12.4. The van der Waals surface area contributed by atoms with E-state index in [4.69, 9.17) is 4.74 Å². The number of hydrogen-bond donors (Lipinski definition) is 1. The van der Waals surface area contributed by atoms with Crippen molar-refractivity contribution in [3.05, 3.63) is 76.6 Å². The van der Waals surface area contributed by atoms with E-state index in [0.717, 1.165) is 30.3 Å². The number of nitrogens with zero attached hydrogens (tertiary/aromatic N) is 1. The molecule has 2 heterocycles. The van der Waals surface area contributed by atoms with Crippen LogP contribution in [0.5, 0.6) is 0 Å². The highest BCUT2D eigenvalue weighted by Crippen LogP contribution is 2.24. The maximum atomic E-state index is 13.5. The first-order valence-corrected chi connectivity index (χ1v) is 12.6. The first-order valence-electron chi connectivity index (χ1n) is 12.6. The lowest BCUT2D eigenvalue weighted by Crippen LogP contribution is -2.50. The van der Waals surface area contributed by atoms with E-state index in [9.17, 15) is 9.59 Å². The third kappa shape index (κ3) is 6.82. The van der Waals surface area contributed by atoms with Gasteiger partial charge in [0.15, 0.2) is 0 Å². The Kier molecular flexibility index (Phi) is 7.90. The molecule has 1 N–H and O–H groups in total. The molecule has 3 aromatic rings. The van der Waals surface area contributed by atoms with Crippen molar-refractivity contribution in [2.45, 2.75) is 91.8 Å². The molecule has 35 heavy (non-hydrogen) atoms. The summed E-state index contributed by atoms with van der Waals surface area (Å²) in [5.74, 6) is -0.369. The van der Waals surface area contributed by atoms with Gasteiger partial charge in [0.2, 0.25) is 5.78 Å². The third-order valence-corrected chi connectivity index (χ3v) is 5.99.